The minimum atomic E-state index is -0.218. The smallest absolute Gasteiger partial charge is 0.317 e. The molecule has 0 saturated carbocycles. The maximum Gasteiger partial charge on any atom is 0.317 e. The Balaban J connectivity index is 1.40. The van der Waals surface area contributed by atoms with Gasteiger partial charge in [0.05, 0.1) is 5.92 Å². The first kappa shape index (κ1) is 22.3. The average Bonchev–Trinajstić information content (AvgIpc) is 2.80. The van der Waals surface area contributed by atoms with Crippen molar-refractivity contribution in [1.29, 1.82) is 0 Å². The van der Waals surface area contributed by atoms with E-state index in [-0.39, 0.29) is 36.7 Å². The lowest BCUT2D eigenvalue weighted by atomic mass is 9.96. The summed E-state index contributed by atoms with van der Waals surface area (Å²) in [5, 5.41) is 5.72. The fourth-order valence-corrected chi connectivity index (χ4v) is 3.68. The molecule has 2 aromatic carbocycles. The Bertz CT molecular complexity index is 873. The Hall–Kier alpha value is -3.35. The van der Waals surface area contributed by atoms with Crippen LogP contribution in [0.15, 0.2) is 60.7 Å². The van der Waals surface area contributed by atoms with Crippen LogP contribution in [-0.2, 0) is 16.1 Å². The number of carbonyl (C=O) groups excluding carboxylic acids is 3. The van der Waals surface area contributed by atoms with Gasteiger partial charge < -0.3 is 20.4 Å². The first-order chi connectivity index (χ1) is 15.0. The quantitative estimate of drug-likeness (QED) is 0.719. The number of hydrogen-bond acceptors (Lipinski definition) is 3. The van der Waals surface area contributed by atoms with Crippen LogP contribution < -0.4 is 10.6 Å². The zero-order valence-electron chi connectivity index (χ0n) is 17.9. The first-order valence-electron chi connectivity index (χ1n) is 10.7. The van der Waals surface area contributed by atoms with Crippen LogP contribution in [0.3, 0.4) is 0 Å². The van der Waals surface area contributed by atoms with Crippen LogP contribution in [0.2, 0.25) is 0 Å². The number of amides is 4. The van der Waals surface area contributed by atoms with Crippen molar-refractivity contribution in [3.8, 4) is 0 Å². The normalized spacial score (nSPS) is 15.8. The molecular formula is C24H30N4O3. The van der Waals surface area contributed by atoms with Crippen molar-refractivity contribution in [2.75, 3.05) is 32.0 Å². The number of carbonyl (C=O) groups is 3. The third kappa shape index (κ3) is 6.84. The molecule has 0 spiro atoms. The average molecular weight is 423 g/mol. The fraction of sp³-hybridized carbons (Fsp3) is 0.375. The van der Waals surface area contributed by atoms with E-state index in [1.165, 1.54) is 0 Å². The molecule has 4 amide bonds. The van der Waals surface area contributed by atoms with E-state index < -0.39 is 0 Å². The van der Waals surface area contributed by atoms with Crippen LogP contribution in [0.1, 0.15) is 24.8 Å². The maximum atomic E-state index is 12.6. The van der Waals surface area contributed by atoms with Crippen LogP contribution in [0.4, 0.5) is 10.5 Å². The summed E-state index contributed by atoms with van der Waals surface area (Å²) < 4.78 is 0. The van der Waals surface area contributed by atoms with E-state index in [9.17, 15) is 14.4 Å². The number of rotatable bonds is 7. The predicted molar refractivity (Wildman–Crippen MR) is 120 cm³/mol. The number of benzene rings is 2. The maximum absolute atomic E-state index is 12.6. The van der Waals surface area contributed by atoms with Crippen molar-refractivity contribution >= 4 is 23.5 Å². The number of hydrogen-bond donors (Lipinski definition) is 2. The monoisotopic (exact) mass is 422 g/mol. The lowest BCUT2D eigenvalue weighted by Gasteiger charge is -2.32. The highest BCUT2D eigenvalue weighted by Gasteiger charge is 2.28. The van der Waals surface area contributed by atoms with Gasteiger partial charge in [0, 0.05) is 45.3 Å². The van der Waals surface area contributed by atoms with E-state index in [4.69, 9.17) is 0 Å². The number of nitrogens with zero attached hydrogens (tertiary/aromatic N) is 2. The molecule has 2 N–H and O–H groups in total. The van der Waals surface area contributed by atoms with Crippen LogP contribution in [-0.4, -0.2) is 54.3 Å². The Morgan fingerprint density at radius 3 is 2.42 bits per heavy atom. The molecule has 1 saturated heterocycles. The Morgan fingerprint density at radius 1 is 1.03 bits per heavy atom. The van der Waals surface area contributed by atoms with Gasteiger partial charge in [-0.25, -0.2) is 4.79 Å². The minimum Gasteiger partial charge on any atom is -0.342 e. The van der Waals surface area contributed by atoms with Gasteiger partial charge in [-0.3, -0.25) is 9.59 Å². The van der Waals surface area contributed by atoms with Crippen LogP contribution in [0.25, 0.3) is 0 Å². The molecule has 1 atom stereocenters. The zero-order chi connectivity index (χ0) is 22.1. The van der Waals surface area contributed by atoms with Gasteiger partial charge in [0.2, 0.25) is 11.8 Å². The number of para-hydroxylation sites is 1. The second-order valence-corrected chi connectivity index (χ2v) is 7.86. The van der Waals surface area contributed by atoms with E-state index in [0.717, 1.165) is 24.1 Å². The summed E-state index contributed by atoms with van der Waals surface area (Å²) in [7, 11) is 1.73. The molecule has 7 heteroatoms. The summed E-state index contributed by atoms with van der Waals surface area (Å²) in [6, 6.07) is 18.9. The molecule has 0 aromatic heterocycles. The summed E-state index contributed by atoms with van der Waals surface area (Å²) in [5.41, 5.74) is 1.81. The van der Waals surface area contributed by atoms with Gasteiger partial charge in [-0.1, -0.05) is 48.5 Å². The number of anilines is 1. The summed E-state index contributed by atoms with van der Waals surface area (Å²) in [6.07, 6.45) is 1.78. The molecule has 1 unspecified atom stereocenters. The van der Waals surface area contributed by atoms with Crippen LogP contribution >= 0.6 is 0 Å². The molecule has 0 bridgehead atoms. The third-order valence-corrected chi connectivity index (χ3v) is 5.41. The minimum absolute atomic E-state index is 0.0387. The van der Waals surface area contributed by atoms with Crippen molar-refractivity contribution in [2.45, 2.75) is 25.8 Å². The topological polar surface area (TPSA) is 81.8 Å². The molecule has 2 aromatic rings. The van der Waals surface area contributed by atoms with Crippen molar-refractivity contribution in [3.63, 3.8) is 0 Å². The highest BCUT2D eigenvalue weighted by molar-refractivity contribution is 5.93. The van der Waals surface area contributed by atoms with Gasteiger partial charge in [0.15, 0.2) is 0 Å². The first-order valence-corrected chi connectivity index (χ1v) is 10.7. The molecule has 7 nitrogen and oxygen atoms in total. The molecule has 0 radical (unpaired) electrons. The predicted octanol–water partition coefficient (Wildman–Crippen LogP) is 3.10. The lowest BCUT2D eigenvalue weighted by molar-refractivity contribution is -0.134. The van der Waals surface area contributed by atoms with Gasteiger partial charge in [0.1, 0.15) is 0 Å². The van der Waals surface area contributed by atoms with Gasteiger partial charge in [-0.2, -0.15) is 0 Å². The van der Waals surface area contributed by atoms with Crippen LogP contribution in [0, 0.1) is 5.92 Å². The number of nitrogens with one attached hydrogen (secondary N) is 2. The molecule has 1 aliphatic heterocycles. The van der Waals surface area contributed by atoms with Crippen molar-refractivity contribution in [3.05, 3.63) is 66.2 Å². The van der Waals surface area contributed by atoms with E-state index in [2.05, 4.69) is 10.6 Å². The molecular weight excluding hydrogens is 392 g/mol. The van der Waals surface area contributed by atoms with Gasteiger partial charge in [-0.05, 0) is 30.5 Å². The van der Waals surface area contributed by atoms with E-state index in [1.807, 2.05) is 60.7 Å². The second kappa shape index (κ2) is 11.2. The molecule has 31 heavy (non-hydrogen) atoms. The number of piperidine rings is 1. The largest absolute Gasteiger partial charge is 0.342 e. The zero-order valence-corrected chi connectivity index (χ0v) is 17.9. The number of likely N-dealkylation sites (tertiary alicyclic amines) is 1. The summed E-state index contributed by atoms with van der Waals surface area (Å²) >= 11 is 0. The van der Waals surface area contributed by atoms with Crippen molar-refractivity contribution in [1.82, 2.24) is 15.1 Å². The van der Waals surface area contributed by atoms with Gasteiger partial charge in [0.25, 0.3) is 0 Å². The van der Waals surface area contributed by atoms with Crippen LogP contribution in [0.5, 0.6) is 0 Å². The Morgan fingerprint density at radius 2 is 1.71 bits per heavy atom. The Kier molecular flexibility index (Phi) is 8.04. The molecule has 164 valence electrons. The van der Waals surface area contributed by atoms with E-state index in [1.54, 1.807) is 16.8 Å². The number of urea groups is 1. The highest BCUT2D eigenvalue weighted by Crippen LogP contribution is 2.19. The molecule has 3 rings (SSSR count). The van der Waals surface area contributed by atoms with Crippen molar-refractivity contribution < 1.29 is 14.4 Å². The van der Waals surface area contributed by atoms with Crippen molar-refractivity contribution in [2.24, 2.45) is 5.92 Å². The fourth-order valence-electron chi connectivity index (χ4n) is 3.68. The Labute approximate surface area is 183 Å². The van der Waals surface area contributed by atoms with Gasteiger partial charge in [-0.15, -0.1) is 0 Å². The molecule has 0 aliphatic carbocycles. The summed E-state index contributed by atoms with van der Waals surface area (Å²) in [6.45, 7) is 1.84. The third-order valence-electron chi connectivity index (χ3n) is 5.41. The molecule has 1 fully saturated rings. The lowest BCUT2D eigenvalue weighted by Crippen LogP contribution is -2.45. The second-order valence-electron chi connectivity index (χ2n) is 7.86. The summed E-state index contributed by atoms with van der Waals surface area (Å²) in [5.74, 6) is -0.313. The van der Waals surface area contributed by atoms with Gasteiger partial charge >= 0.3 is 6.03 Å². The SMILES string of the molecule is CN(Cc1ccccc1)C(=O)NCCC(=O)N1CCCC(C(=O)Nc2ccccc2)C1. The summed E-state index contributed by atoms with van der Waals surface area (Å²) in [4.78, 5) is 40.7. The molecule has 1 aliphatic rings. The highest BCUT2D eigenvalue weighted by atomic mass is 16.2. The van der Waals surface area contributed by atoms with E-state index in [0.29, 0.717) is 19.6 Å². The molecule has 1 heterocycles. The standard InChI is InChI=1S/C24H30N4O3/c1-27(17-19-9-4-2-5-10-19)24(31)25-15-14-22(29)28-16-8-11-20(18-28)23(30)26-21-12-6-3-7-13-21/h2-7,9-10,12-13,20H,8,11,14-18H2,1H3,(H,25,31)(H,26,30). The van der Waals surface area contributed by atoms with E-state index >= 15 is 0 Å².